The van der Waals surface area contributed by atoms with Crippen LogP contribution in [-0.4, -0.2) is 9.55 Å². The quantitative estimate of drug-likeness (QED) is 0.926. The van der Waals surface area contributed by atoms with E-state index in [1.54, 1.807) is 17.8 Å². The van der Waals surface area contributed by atoms with Crippen LogP contribution >= 0.6 is 11.6 Å². The molecule has 0 atom stereocenters. The van der Waals surface area contributed by atoms with Crippen molar-refractivity contribution >= 4 is 11.6 Å². The van der Waals surface area contributed by atoms with Gasteiger partial charge < -0.3 is 9.88 Å². The molecule has 0 aliphatic carbocycles. The minimum atomic E-state index is -0.451. The van der Waals surface area contributed by atoms with Crippen molar-refractivity contribution in [2.75, 3.05) is 0 Å². The van der Waals surface area contributed by atoms with E-state index in [4.69, 9.17) is 11.6 Å². The lowest BCUT2D eigenvalue weighted by atomic mass is 10.2. The van der Waals surface area contributed by atoms with Crippen molar-refractivity contribution in [3.05, 3.63) is 52.6 Å². The van der Waals surface area contributed by atoms with Crippen molar-refractivity contribution in [3.63, 3.8) is 0 Å². The van der Waals surface area contributed by atoms with E-state index >= 15 is 0 Å². The third-order valence-electron chi connectivity index (χ3n) is 2.63. The fraction of sp³-hybridized carbons (Fsp3) is 0.250. The number of nitrogens with zero attached hydrogens (tertiary/aromatic N) is 2. The Morgan fingerprint density at radius 3 is 2.78 bits per heavy atom. The van der Waals surface area contributed by atoms with Crippen LogP contribution in [0.25, 0.3) is 0 Å². The van der Waals surface area contributed by atoms with Gasteiger partial charge in [0.15, 0.2) is 0 Å². The summed E-state index contributed by atoms with van der Waals surface area (Å²) in [5, 5.41) is 3.52. The third kappa shape index (κ3) is 2.86. The van der Waals surface area contributed by atoms with Gasteiger partial charge in [0.2, 0.25) is 0 Å². The van der Waals surface area contributed by atoms with E-state index < -0.39 is 11.6 Å². The topological polar surface area (TPSA) is 29.9 Å². The van der Waals surface area contributed by atoms with Crippen LogP contribution in [-0.2, 0) is 20.1 Å². The van der Waals surface area contributed by atoms with Gasteiger partial charge >= 0.3 is 0 Å². The molecule has 0 aliphatic heterocycles. The maximum Gasteiger partial charge on any atom is 0.128 e. The summed E-state index contributed by atoms with van der Waals surface area (Å²) in [6.45, 7) is 0.660. The molecule has 2 rings (SSSR count). The summed E-state index contributed by atoms with van der Waals surface area (Å²) in [6, 6.07) is 3.38. The number of halogens is 3. The Balaban J connectivity index is 1.96. The van der Waals surface area contributed by atoms with Gasteiger partial charge in [-0.2, -0.15) is 0 Å². The Kier molecular flexibility index (Phi) is 3.93. The van der Waals surface area contributed by atoms with Gasteiger partial charge in [0, 0.05) is 19.2 Å². The van der Waals surface area contributed by atoms with E-state index in [-0.39, 0.29) is 12.1 Å². The summed E-state index contributed by atoms with van der Waals surface area (Å²) < 4.78 is 28.0. The smallest absolute Gasteiger partial charge is 0.128 e. The Morgan fingerprint density at radius 2 is 2.11 bits per heavy atom. The number of rotatable bonds is 4. The largest absolute Gasteiger partial charge is 0.321 e. The number of hydrogen-bond acceptors (Lipinski definition) is 2. The Labute approximate surface area is 108 Å². The van der Waals surface area contributed by atoms with Crippen LogP contribution in [0.1, 0.15) is 11.4 Å². The molecule has 0 unspecified atom stereocenters. The summed E-state index contributed by atoms with van der Waals surface area (Å²) in [4.78, 5) is 4.09. The number of nitrogens with one attached hydrogen (secondary N) is 1. The van der Waals surface area contributed by atoms with Crippen molar-refractivity contribution in [3.8, 4) is 0 Å². The van der Waals surface area contributed by atoms with Crippen molar-refractivity contribution in [2.24, 2.45) is 7.05 Å². The molecule has 0 bridgehead atoms. The average Bonchev–Trinajstić information content (AvgIpc) is 2.65. The zero-order valence-electron chi connectivity index (χ0n) is 9.75. The first-order valence-corrected chi connectivity index (χ1v) is 5.76. The van der Waals surface area contributed by atoms with Gasteiger partial charge in [0.25, 0.3) is 0 Å². The fourth-order valence-electron chi connectivity index (χ4n) is 1.58. The number of benzene rings is 1. The maximum atomic E-state index is 13.3. The van der Waals surface area contributed by atoms with Gasteiger partial charge in [-0.05, 0) is 18.2 Å². The molecular weight excluding hydrogens is 260 g/mol. The molecule has 96 valence electrons. The molecule has 6 heteroatoms. The molecule has 18 heavy (non-hydrogen) atoms. The molecule has 1 heterocycles. The second kappa shape index (κ2) is 5.46. The summed E-state index contributed by atoms with van der Waals surface area (Å²) >= 11 is 5.83. The lowest BCUT2D eigenvalue weighted by Gasteiger charge is -2.06. The normalized spacial score (nSPS) is 10.9. The predicted molar refractivity (Wildman–Crippen MR) is 65.1 cm³/mol. The van der Waals surface area contributed by atoms with Gasteiger partial charge in [-0.15, -0.1) is 0 Å². The van der Waals surface area contributed by atoms with E-state index in [2.05, 4.69) is 10.3 Å². The Hall–Kier alpha value is -1.46. The van der Waals surface area contributed by atoms with E-state index in [0.29, 0.717) is 11.7 Å². The first-order chi connectivity index (χ1) is 8.58. The summed E-state index contributed by atoms with van der Waals surface area (Å²) in [7, 11) is 1.79. The van der Waals surface area contributed by atoms with Crippen LogP contribution in [0.5, 0.6) is 0 Å². The Bertz CT molecular complexity index is 554. The maximum absolute atomic E-state index is 13.3. The molecule has 0 spiro atoms. The van der Waals surface area contributed by atoms with Gasteiger partial charge in [-0.3, -0.25) is 0 Å². The molecule has 1 aromatic carbocycles. The van der Waals surface area contributed by atoms with E-state index in [1.165, 1.54) is 6.07 Å². The summed E-state index contributed by atoms with van der Waals surface area (Å²) in [5.41, 5.74) is 0.287. The van der Waals surface area contributed by atoms with E-state index in [9.17, 15) is 8.78 Å². The molecule has 0 saturated carbocycles. The molecule has 1 N–H and O–H groups in total. The molecule has 0 radical (unpaired) electrons. The van der Waals surface area contributed by atoms with Gasteiger partial charge in [-0.1, -0.05) is 11.6 Å². The molecule has 3 nitrogen and oxygen atoms in total. The highest BCUT2D eigenvalue weighted by molar-refractivity contribution is 6.29. The summed E-state index contributed by atoms with van der Waals surface area (Å²) in [6.07, 6.45) is 1.54. The van der Waals surface area contributed by atoms with Crippen molar-refractivity contribution in [2.45, 2.75) is 13.1 Å². The van der Waals surface area contributed by atoms with Crippen LogP contribution in [0.3, 0.4) is 0 Å². The lowest BCUT2D eigenvalue weighted by Crippen LogP contribution is -2.16. The average molecular weight is 272 g/mol. The highest BCUT2D eigenvalue weighted by Crippen LogP contribution is 2.11. The molecular formula is C12H12ClF2N3. The minimum Gasteiger partial charge on any atom is -0.321 e. The molecule has 0 fully saturated rings. The minimum absolute atomic E-state index is 0.230. The van der Waals surface area contributed by atoms with Crippen molar-refractivity contribution < 1.29 is 8.78 Å². The fourth-order valence-corrected chi connectivity index (χ4v) is 1.72. The van der Waals surface area contributed by atoms with E-state index in [0.717, 1.165) is 18.0 Å². The SMILES string of the molecule is Cn1c(Cl)cnc1CNCc1cc(F)ccc1F. The highest BCUT2D eigenvalue weighted by atomic mass is 35.5. The van der Waals surface area contributed by atoms with Crippen LogP contribution in [0.4, 0.5) is 8.78 Å². The summed E-state index contributed by atoms with van der Waals surface area (Å²) in [5.74, 6) is -0.146. The van der Waals surface area contributed by atoms with Crippen LogP contribution in [0.2, 0.25) is 5.15 Å². The second-order valence-corrected chi connectivity index (χ2v) is 4.28. The first kappa shape index (κ1) is 13.0. The van der Waals surface area contributed by atoms with Crippen LogP contribution in [0, 0.1) is 11.6 Å². The Morgan fingerprint density at radius 1 is 1.33 bits per heavy atom. The predicted octanol–water partition coefficient (Wildman–Crippen LogP) is 2.64. The lowest BCUT2D eigenvalue weighted by molar-refractivity contribution is 0.562. The van der Waals surface area contributed by atoms with Gasteiger partial charge in [-0.25, -0.2) is 13.8 Å². The van der Waals surface area contributed by atoms with Crippen LogP contribution in [0.15, 0.2) is 24.4 Å². The van der Waals surface area contributed by atoms with Gasteiger partial charge in [0.05, 0.1) is 12.7 Å². The van der Waals surface area contributed by atoms with Crippen molar-refractivity contribution in [1.82, 2.24) is 14.9 Å². The molecule has 1 aromatic heterocycles. The second-order valence-electron chi connectivity index (χ2n) is 3.90. The zero-order valence-corrected chi connectivity index (χ0v) is 10.5. The van der Waals surface area contributed by atoms with E-state index in [1.807, 2.05) is 0 Å². The van der Waals surface area contributed by atoms with Crippen LogP contribution < -0.4 is 5.32 Å². The number of aromatic nitrogens is 2. The standard InChI is InChI=1S/C12H12ClF2N3/c1-18-11(13)6-17-12(18)7-16-5-8-4-9(14)2-3-10(8)15/h2-4,6,16H,5,7H2,1H3. The molecule has 0 saturated heterocycles. The monoisotopic (exact) mass is 271 g/mol. The molecule has 0 amide bonds. The highest BCUT2D eigenvalue weighted by Gasteiger charge is 2.06. The first-order valence-electron chi connectivity index (χ1n) is 5.38. The third-order valence-corrected chi connectivity index (χ3v) is 2.99. The zero-order chi connectivity index (χ0) is 13.1. The number of hydrogen-bond donors (Lipinski definition) is 1. The van der Waals surface area contributed by atoms with Gasteiger partial charge in [0.1, 0.15) is 22.6 Å². The molecule has 0 aliphatic rings. The molecule has 2 aromatic rings. The van der Waals surface area contributed by atoms with Crippen molar-refractivity contribution in [1.29, 1.82) is 0 Å². The number of imidazole rings is 1.